The molecule has 1 unspecified atom stereocenters. The van der Waals surface area contributed by atoms with Crippen LogP contribution in [0.25, 0.3) is 11.4 Å². The highest BCUT2D eigenvalue weighted by Gasteiger charge is 2.15. The molecular formula is C15H17N3O2. The van der Waals surface area contributed by atoms with E-state index in [4.69, 9.17) is 5.11 Å². The van der Waals surface area contributed by atoms with Crippen molar-refractivity contribution in [2.24, 2.45) is 5.92 Å². The van der Waals surface area contributed by atoms with Gasteiger partial charge in [-0.05, 0) is 6.07 Å². The summed E-state index contributed by atoms with van der Waals surface area (Å²) < 4.78 is 0. The smallest absolute Gasteiger partial charge is 0.308 e. The number of hydrogen-bond donors (Lipinski definition) is 1. The fourth-order valence-corrected chi connectivity index (χ4v) is 1.87. The summed E-state index contributed by atoms with van der Waals surface area (Å²) in [6, 6.07) is 11.5. The summed E-state index contributed by atoms with van der Waals surface area (Å²) >= 11 is 0. The average molecular weight is 271 g/mol. The molecule has 0 fully saturated rings. The van der Waals surface area contributed by atoms with Crippen LogP contribution in [0.4, 0.5) is 5.82 Å². The minimum absolute atomic E-state index is 0.403. The second-order valence-corrected chi connectivity index (χ2v) is 4.72. The lowest BCUT2D eigenvalue weighted by Gasteiger charge is -2.20. The number of hydrogen-bond acceptors (Lipinski definition) is 4. The lowest BCUT2D eigenvalue weighted by Crippen LogP contribution is -2.29. The van der Waals surface area contributed by atoms with E-state index in [1.54, 1.807) is 19.2 Å². The molecule has 1 aromatic heterocycles. The van der Waals surface area contributed by atoms with Crippen molar-refractivity contribution in [1.29, 1.82) is 0 Å². The third-order valence-electron chi connectivity index (χ3n) is 3.03. The summed E-state index contributed by atoms with van der Waals surface area (Å²) in [5.74, 6) is 0.0919. The quantitative estimate of drug-likeness (QED) is 0.903. The zero-order valence-electron chi connectivity index (χ0n) is 11.5. The van der Waals surface area contributed by atoms with Crippen LogP contribution in [-0.2, 0) is 4.79 Å². The number of anilines is 1. The van der Waals surface area contributed by atoms with Crippen molar-refractivity contribution >= 4 is 11.8 Å². The fourth-order valence-electron chi connectivity index (χ4n) is 1.87. The Hall–Kier alpha value is -2.43. The second-order valence-electron chi connectivity index (χ2n) is 4.72. The van der Waals surface area contributed by atoms with Gasteiger partial charge in [0.25, 0.3) is 0 Å². The maximum Gasteiger partial charge on any atom is 0.308 e. The number of benzene rings is 1. The van der Waals surface area contributed by atoms with E-state index in [2.05, 4.69) is 9.97 Å². The van der Waals surface area contributed by atoms with Crippen molar-refractivity contribution in [1.82, 2.24) is 9.97 Å². The van der Waals surface area contributed by atoms with Crippen molar-refractivity contribution in [2.75, 3.05) is 18.5 Å². The average Bonchev–Trinajstić information content (AvgIpc) is 2.48. The van der Waals surface area contributed by atoms with Gasteiger partial charge in [-0.2, -0.15) is 0 Å². The fraction of sp³-hybridized carbons (Fsp3) is 0.267. The van der Waals surface area contributed by atoms with Gasteiger partial charge in [0.05, 0.1) is 5.92 Å². The number of aromatic nitrogens is 2. The molecule has 20 heavy (non-hydrogen) atoms. The van der Waals surface area contributed by atoms with Gasteiger partial charge in [-0.1, -0.05) is 37.3 Å². The molecule has 0 amide bonds. The van der Waals surface area contributed by atoms with E-state index >= 15 is 0 Å². The third kappa shape index (κ3) is 3.32. The molecule has 1 heterocycles. The first kappa shape index (κ1) is 14.0. The lowest BCUT2D eigenvalue weighted by atomic mass is 10.2. The highest BCUT2D eigenvalue weighted by atomic mass is 16.4. The normalized spacial score (nSPS) is 11.9. The lowest BCUT2D eigenvalue weighted by molar-refractivity contribution is -0.140. The van der Waals surface area contributed by atoms with Crippen LogP contribution in [0.1, 0.15) is 6.92 Å². The monoisotopic (exact) mass is 271 g/mol. The molecule has 0 aliphatic heterocycles. The Labute approximate surface area is 117 Å². The Kier molecular flexibility index (Phi) is 4.30. The van der Waals surface area contributed by atoms with Crippen LogP contribution in [0.15, 0.2) is 42.6 Å². The molecule has 1 N–H and O–H groups in total. The molecule has 0 radical (unpaired) electrons. The molecule has 0 spiro atoms. The van der Waals surface area contributed by atoms with Gasteiger partial charge >= 0.3 is 5.97 Å². The van der Waals surface area contributed by atoms with Gasteiger partial charge < -0.3 is 10.0 Å². The molecule has 0 saturated carbocycles. The van der Waals surface area contributed by atoms with Crippen LogP contribution in [0.2, 0.25) is 0 Å². The molecule has 5 nitrogen and oxygen atoms in total. The minimum atomic E-state index is -0.811. The highest BCUT2D eigenvalue weighted by molar-refractivity contribution is 5.70. The van der Waals surface area contributed by atoms with Gasteiger partial charge in [-0.3, -0.25) is 4.79 Å². The Morgan fingerprint density at radius 2 is 2.00 bits per heavy atom. The second kappa shape index (κ2) is 6.14. The predicted octanol–water partition coefficient (Wildman–Crippen LogP) is 2.30. The third-order valence-corrected chi connectivity index (χ3v) is 3.03. The molecule has 1 aromatic carbocycles. The summed E-state index contributed by atoms with van der Waals surface area (Å²) in [6.07, 6.45) is 1.69. The largest absolute Gasteiger partial charge is 0.481 e. The van der Waals surface area contributed by atoms with Crippen LogP contribution in [0.3, 0.4) is 0 Å². The van der Waals surface area contributed by atoms with Crippen molar-refractivity contribution in [3.8, 4) is 11.4 Å². The summed E-state index contributed by atoms with van der Waals surface area (Å²) in [5.41, 5.74) is 0.939. The van der Waals surface area contributed by atoms with Crippen LogP contribution in [-0.4, -0.2) is 34.6 Å². The Balaban J connectivity index is 2.20. The first-order chi connectivity index (χ1) is 9.58. The van der Waals surface area contributed by atoms with Crippen LogP contribution in [0, 0.1) is 5.92 Å². The maximum atomic E-state index is 10.9. The maximum absolute atomic E-state index is 10.9. The molecule has 1 atom stereocenters. The Morgan fingerprint density at radius 1 is 1.30 bits per heavy atom. The van der Waals surface area contributed by atoms with E-state index in [0.717, 1.165) is 5.56 Å². The highest BCUT2D eigenvalue weighted by Crippen LogP contribution is 2.17. The molecule has 104 valence electrons. The topological polar surface area (TPSA) is 66.3 Å². The van der Waals surface area contributed by atoms with Gasteiger partial charge in [0.15, 0.2) is 5.82 Å². The zero-order valence-corrected chi connectivity index (χ0v) is 11.5. The van der Waals surface area contributed by atoms with Crippen molar-refractivity contribution in [3.63, 3.8) is 0 Å². The van der Waals surface area contributed by atoms with Gasteiger partial charge in [0.2, 0.25) is 0 Å². The van der Waals surface area contributed by atoms with E-state index in [0.29, 0.717) is 18.2 Å². The van der Waals surface area contributed by atoms with Crippen molar-refractivity contribution < 1.29 is 9.90 Å². The van der Waals surface area contributed by atoms with Gasteiger partial charge in [-0.15, -0.1) is 0 Å². The number of nitrogens with zero attached hydrogens (tertiary/aromatic N) is 3. The van der Waals surface area contributed by atoms with E-state index < -0.39 is 11.9 Å². The number of carboxylic acids is 1. The van der Waals surface area contributed by atoms with Crippen molar-refractivity contribution in [3.05, 3.63) is 42.6 Å². The number of rotatable bonds is 5. The Bertz CT molecular complexity index is 587. The molecule has 0 aliphatic rings. The predicted molar refractivity (Wildman–Crippen MR) is 77.5 cm³/mol. The number of aliphatic carboxylic acids is 1. The van der Waals surface area contributed by atoms with Gasteiger partial charge in [0, 0.05) is 25.4 Å². The van der Waals surface area contributed by atoms with E-state index in [9.17, 15) is 4.79 Å². The minimum Gasteiger partial charge on any atom is -0.481 e. The molecule has 0 aliphatic carbocycles. The van der Waals surface area contributed by atoms with E-state index in [-0.39, 0.29) is 0 Å². The standard InChI is InChI=1S/C15H17N3O2/c1-11(15(19)20)10-18(2)13-8-9-16-14(17-13)12-6-4-3-5-7-12/h3-9,11H,10H2,1-2H3,(H,19,20). The number of carbonyl (C=O) groups is 1. The van der Waals surface area contributed by atoms with Gasteiger partial charge in [0.1, 0.15) is 5.82 Å². The van der Waals surface area contributed by atoms with Crippen LogP contribution in [0.5, 0.6) is 0 Å². The van der Waals surface area contributed by atoms with E-state index in [1.807, 2.05) is 42.3 Å². The SMILES string of the molecule is CC(CN(C)c1ccnc(-c2ccccc2)n1)C(=O)O. The molecule has 2 rings (SSSR count). The van der Waals surface area contributed by atoms with Crippen LogP contribution < -0.4 is 4.90 Å². The summed E-state index contributed by atoms with van der Waals surface area (Å²) in [4.78, 5) is 21.5. The van der Waals surface area contributed by atoms with Crippen molar-refractivity contribution in [2.45, 2.75) is 6.92 Å². The molecule has 5 heteroatoms. The van der Waals surface area contributed by atoms with Gasteiger partial charge in [-0.25, -0.2) is 9.97 Å². The molecular weight excluding hydrogens is 254 g/mol. The molecule has 0 bridgehead atoms. The molecule has 0 saturated heterocycles. The zero-order chi connectivity index (χ0) is 14.5. The summed E-state index contributed by atoms with van der Waals surface area (Å²) in [6.45, 7) is 2.08. The Morgan fingerprint density at radius 3 is 2.65 bits per heavy atom. The summed E-state index contributed by atoms with van der Waals surface area (Å²) in [5, 5.41) is 8.95. The molecule has 2 aromatic rings. The number of carboxylic acid groups (broad SMARTS) is 1. The first-order valence-electron chi connectivity index (χ1n) is 6.40. The summed E-state index contributed by atoms with van der Waals surface area (Å²) in [7, 11) is 1.83. The van der Waals surface area contributed by atoms with Crippen LogP contribution >= 0.6 is 0 Å². The van der Waals surface area contributed by atoms with E-state index in [1.165, 1.54) is 0 Å². The first-order valence-corrected chi connectivity index (χ1v) is 6.40.